The molecular weight excluding hydrogens is 751 g/mol. The maximum absolute atomic E-state index is 15.8. The fourth-order valence-corrected chi connectivity index (χ4v) is 8.31. The number of nitrogens with two attached hydrogens (primary N) is 1. The number of nitrogens with one attached hydrogen (secondary N) is 1. The van der Waals surface area contributed by atoms with Gasteiger partial charge in [0, 0.05) is 60.5 Å². The number of phenols is 2. The zero-order valence-electron chi connectivity index (χ0n) is 31.8. The normalized spacial score (nSPS) is 12.8. The molecule has 0 spiro atoms. The molecule has 6 rings (SSSR count). The first-order chi connectivity index (χ1) is 26.7. The van der Waals surface area contributed by atoms with Crippen molar-refractivity contribution in [3.63, 3.8) is 0 Å². The van der Waals surface area contributed by atoms with Gasteiger partial charge in [0.25, 0.3) is 11.8 Å². The van der Waals surface area contributed by atoms with Crippen LogP contribution < -0.4 is 11.1 Å². The molecule has 0 saturated heterocycles. The molecule has 2 atom stereocenters. The maximum atomic E-state index is 15.8. The highest BCUT2D eigenvalue weighted by Gasteiger charge is 2.56. The molecule has 0 saturated carbocycles. The second-order valence-electron chi connectivity index (χ2n) is 14.3. The van der Waals surface area contributed by atoms with Crippen LogP contribution in [0.5, 0.6) is 11.5 Å². The van der Waals surface area contributed by atoms with Crippen LogP contribution in [-0.4, -0.2) is 49.0 Å². The van der Waals surface area contributed by atoms with Crippen LogP contribution in [0, 0.1) is 19.8 Å². The largest absolute Gasteiger partial charge is 0.508 e. The van der Waals surface area contributed by atoms with E-state index < -0.39 is 41.0 Å². The fraction of sp³-hybridized carbons (Fsp3) is 0.273. The highest BCUT2D eigenvalue weighted by atomic mass is 35.5. The third-order valence-corrected chi connectivity index (χ3v) is 11.3. The molecule has 2 amide bonds. The van der Waals surface area contributed by atoms with Crippen molar-refractivity contribution in [3.05, 3.63) is 129 Å². The molecule has 2 unspecified atom stereocenters. The molecule has 0 aliphatic heterocycles. The number of phenolic OH excluding ortho intramolecular Hbond substituents is 2. The number of hydrogen-bond donors (Lipinski definition) is 4. The average molecular weight is 796 g/mol. The minimum atomic E-state index is -2.05. The van der Waals surface area contributed by atoms with Crippen molar-refractivity contribution in [2.75, 3.05) is 0 Å². The van der Waals surface area contributed by atoms with Gasteiger partial charge in [-0.15, -0.1) is 0 Å². The minimum Gasteiger partial charge on any atom is -0.508 e. The molecule has 6 aromatic rings. The predicted octanol–water partition coefficient (Wildman–Crippen LogP) is 8.80. The SMILES string of the molecule is CCCCC(C(N)=O)C(C(=O)NC(C)CC)(c1c(C)n(C(=O)c2ccc(Cl)cc2)c2ccc(O)cc12)c1c(C)n(C(=O)c2ccc(Cl)cc2)c2ccc(O)cc12. The molecule has 4 aromatic carbocycles. The Balaban J connectivity index is 1.87. The Bertz CT molecular complexity index is 2350. The number of aromatic nitrogens is 2. The number of rotatable bonds is 12. The molecule has 2 aromatic heterocycles. The summed E-state index contributed by atoms with van der Waals surface area (Å²) in [6.07, 6.45) is 1.82. The molecule has 0 aliphatic rings. The van der Waals surface area contributed by atoms with Crippen LogP contribution in [0.25, 0.3) is 21.8 Å². The Kier molecular flexibility index (Phi) is 11.4. The quantitative estimate of drug-likeness (QED) is 0.0970. The molecule has 290 valence electrons. The number of unbranched alkanes of at least 4 members (excludes halogenated alkanes) is 1. The third kappa shape index (κ3) is 6.81. The Morgan fingerprint density at radius 2 is 1.16 bits per heavy atom. The number of primary amides is 1. The van der Waals surface area contributed by atoms with E-state index in [1.807, 2.05) is 20.8 Å². The molecule has 56 heavy (non-hydrogen) atoms. The Hall–Kier alpha value is -5.58. The number of carbonyl (C=O) groups is 4. The van der Waals surface area contributed by atoms with Crippen LogP contribution in [0.1, 0.15) is 89.7 Å². The lowest BCUT2D eigenvalue weighted by molar-refractivity contribution is -0.134. The van der Waals surface area contributed by atoms with E-state index >= 15 is 4.79 Å². The van der Waals surface area contributed by atoms with Crippen LogP contribution in [0.3, 0.4) is 0 Å². The zero-order chi connectivity index (χ0) is 40.6. The van der Waals surface area contributed by atoms with E-state index in [1.165, 1.54) is 33.4 Å². The van der Waals surface area contributed by atoms with Gasteiger partial charge in [-0.25, -0.2) is 0 Å². The molecule has 2 heterocycles. The first kappa shape index (κ1) is 40.1. The number of carbonyl (C=O) groups excluding carboxylic acids is 4. The average Bonchev–Trinajstić information content (AvgIpc) is 3.62. The second-order valence-corrected chi connectivity index (χ2v) is 15.2. The second kappa shape index (κ2) is 15.9. The van der Waals surface area contributed by atoms with Crippen LogP contribution in [0.2, 0.25) is 10.0 Å². The number of hydrogen-bond acceptors (Lipinski definition) is 6. The molecular formula is C44H44Cl2N4O6. The van der Waals surface area contributed by atoms with Gasteiger partial charge >= 0.3 is 0 Å². The number of benzene rings is 4. The van der Waals surface area contributed by atoms with Crippen molar-refractivity contribution < 1.29 is 29.4 Å². The molecule has 0 fully saturated rings. The Morgan fingerprint density at radius 3 is 1.54 bits per heavy atom. The van der Waals surface area contributed by atoms with E-state index in [0.29, 0.717) is 73.6 Å². The molecule has 5 N–H and O–H groups in total. The Morgan fingerprint density at radius 1 is 0.732 bits per heavy atom. The summed E-state index contributed by atoms with van der Waals surface area (Å²) in [6.45, 7) is 9.09. The topological polar surface area (TPSA) is 157 Å². The van der Waals surface area contributed by atoms with E-state index in [4.69, 9.17) is 28.9 Å². The van der Waals surface area contributed by atoms with E-state index in [2.05, 4.69) is 5.32 Å². The molecule has 12 heteroatoms. The van der Waals surface area contributed by atoms with E-state index in [9.17, 15) is 24.6 Å². The molecule has 0 aliphatic carbocycles. The first-order valence-corrected chi connectivity index (χ1v) is 19.3. The summed E-state index contributed by atoms with van der Waals surface area (Å²) in [7, 11) is 0. The van der Waals surface area contributed by atoms with E-state index in [0.717, 1.165) is 0 Å². The summed E-state index contributed by atoms with van der Waals surface area (Å²) >= 11 is 12.4. The number of nitrogens with zero attached hydrogens (tertiary/aromatic N) is 2. The van der Waals surface area contributed by atoms with Gasteiger partial charge in [-0.1, -0.05) is 49.9 Å². The monoisotopic (exact) mass is 794 g/mol. The lowest BCUT2D eigenvalue weighted by Crippen LogP contribution is -2.56. The van der Waals surface area contributed by atoms with Gasteiger partial charge in [-0.2, -0.15) is 0 Å². The van der Waals surface area contributed by atoms with Crippen molar-refractivity contribution in [1.29, 1.82) is 0 Å². The highest BCUT2D eigenvalue weighted by Crippen LogP contribution is 2.52. The van der Waals surface area contributed by atoms with Gasteiger partial charge in [0.15, 0.2) is 0 Å². The zero-order valence-corrected chi connectivity index (χ0v) is 33.3. The molecule has 0 radical (unpaired) electrons. The van der Waals surface area contributed by atoms with E-state index in [1.54, 1.807) is 74.5 Å². The summed E-state index contributed by atoms with van der Waals surface area (Å²) < 4.78 is 2.92. The first-order valence-electron chi connectivity index (χ1n) is 18.6. The third-order valence-electron chi connectivity index (χ3n) is 10.8. The van der Waals surface area contributed by atoms with Crippen molar-refractivity contribution in [3.8, 4) is 11.5 Å². The smallest absolute Gasteiger partial charge is 0.262 e. The van der Waals surface area contributed by atoms with Gasteiger partial charge in [-0.05, 0) is 119 Å². The highest BCUT2D eigenvalue weighted by molar-refractivity contribution is 6.31. The number of halogens is 2. The lowest BCUT2D eigenvalue weighted by Gasteiger charge is -2.40. The standard InChI is InChI=1S/C44H44Cl2N4O6/c1-6-8-9-35(40(47)53)44(43(56)48-24(3)7-2,38-25(4)49(36-20-18-31(51)22-33(36)38)41(54)27-10-14-29(45)15-11-27)39-26(5)50(37-21-19-32(52)23-34(37)39)42(55)28-12-16-30(46)17-13-28/h10-24,35,51-52H,6-9H2,1-5H3,(H2,47,53)(H,48,56). The number of amides is 2. The van der Waals surface area contributed by atoms with Gasteiger partial charge < -0.3 is 21.3 Å². The summed E-state index contributed by atoms with van der Waals surface area (Å²) in [5, 5.41) is 26.8. The summed E-state index contributed by atoms with van der Waals surface area (Å²) in [5.74, 6) is -3.84. The number of fused-ring (bicyclic) bond motifs is 2. The summed E-state index contributed by atoms with van der Waals surface area (Å²) in [6, 6.07) is 21.4. The van der Waals surface area contributed by atoms with Gasteiger partial charge in [0.1, 0.15) is 16.9 Å². The van der Waals surface area contributed by atoms with Crippen molar-refractivity contribution in [1.82, 2.24) is 14.5 Å². The van der Waals surface area contributed by atoms with Gasteiger partial charge in [0.05, 0.1) is 17.0 Å². The maximum Gasteiger partial charge on any atom is 0.262 e. The van der Waals surface area contributed by atoms with Gasteiger partial charge in [0.2, 0.25) is 11.8 Å². The lowest BCUT2D eigenvalue weighted by atomic mass is 9.61. The van der Waals surface area contributed by atoms with Crippen LogP contribution >= 0.6 is 23.2 Å². The number of aromatic hydroxyl groups is 2. The summed E-state index contributed by atoms with van der Waals surface area (Å²) in [5.41, 5.74) is 6.80. The van der Waals surface area contributed by atoms with Crippen molar-refractivity contribution in [2.24, 2.45) is 11.7 Å². The van der Waals surface area contributed by atoms with Gasteiger partial charge in [-0.3, -0.25) is 28.3 Å². The van der Waals surface area contributed by atoms with E-state index in [-0.39, 0.29) is 29.0 Å². The fourth-order valence-electron chi connectivity index (χ4n) is 8.05. The van der Waals surface area contributed by atoms with Crippen molar-refractivity contribution in [2.45, 2.75) is 71.8 Å². The minimum absolute atomic E-state index is 0.145. The predicted molar refractivity (Wildman–Crippen MR) is 220 cm³/mol. The molecule has 10 nitrogen and oxygen atoms in total. The van der Waals surface area contributed by atoms with Crippen molar-refractivity contribution >= 4 is 68.6 Å². The van der Waals surface area contributed by atoms with Crippen LogP contribution in [0.4, 0.5) is 0 Å². The van der Waals surface area contributed by atoms with Crippen LogP contribution in [-0.2, 0) is 15.0 Å². The molecule has 0 bridgehead atoms. The Labute approximate surface area is 334 Å². The van der Waals surface area contributed by atoms with Crippen LogP contribution in [0.15, 0.2) is 84.9 Å². The summed E-state index contributed by atoms with van der Waals surface area (Å²) in [4.78, 5) is 59.3.